The summed E-state index contributed by atoms with van der Waals surface area (Å²) in [6.07, 6.45) is 0.514. The second kappa shape index (κ2) is 6.15. The average molecular weight is 283 g/mol. The molecular weight excluding hydrogens is 254 g/mol. The molecule has 1 rings (SSSR count). The molecule has 4 heteroatoms. The highest BCUT2D eigenvalue weighted by Crippen LogP contribution is 2.33. The zero-order valence-corrected chi connectivity index (χ0v) is 13.9. The predicted molar refractivity (Wildman–Crippen MR) is 79.5 cm³/mol. The summed E-state index contributed by atoms with van der Waals surface area (Å²) in [5.41, 5.74) is -0.529. The molecule has 0 N–H and O–H groups in total. The SMILES string of the molecule is CC(C)C(=O)[C@@H]1[C@@H](C(C)C)CCN1C(=O)OC(C)(C)C. The standard InChI is InChI=1S/C16H29NO3/c1-10(2)12-8-9-17(13(12)14(18)11(3)4)15(19)20-16(5,6)7/h10-13H,8-9H2,1-7H3/t12-,13+/m1/s1. The van der Waals surface area contributed by atoms with Gasteiger partial charge in [0.05, 0.1) is 6.04 Å². The molecule has 2 atom stereocenters. The van der Waals surface area contributed by atoms with E-state index in [0.717, 1.165) is 6.42 Å². The Bertz CT molecular complexity index is 368. The largest absolute Gasteiger partial charge is 0.444 e. The lowest BCUT2D eigenvalue weighted by Crippen LogP contribution is -2.47. The number of rotatable bonds is 3. The van der Waals surface area contributed by atoms with Crippen molar-refractivity contribution in [2.45, 2.75) is 66.5 Å². The first-order valence-electron chi connectivity index (χ1n) is 7.58. The van der Waals surface area contributed by atoms with E-state index in [2.05, 4.69) is 13.8 Å². The van der Waals surface area contributed by atoms with E-state index in [-0.39, 0.29) is 29.8 Å². The molecule has 1 aliphatic rings. The third-order valence-electron chi connectivity index (χ3n) is 3.79. The maximum atomic E-state index is 12.5. The van der Waals surface area contributed by atoms with Gasteiger partial charge in [0.15, 0.2) is 5.78 Å². The highest BCUT2D eigenvalue weighted by molar-refractivity contribution is 5.89. The van der Waals surface area contributed by atoms with Crippen LogP contribution >= 0.6 is 0 Å². The van der Waals surface area contributed by atoms with Crippen molar-refractivity contribution >= 4 is 11.9 Å². The van der Waals surface area contributed by atoms with Gasteiger partial charge < -0.3 is 4.74 Å². The molecule has 0 spiro atoms. The Hall–Kier alpha value is -1.06. The molecule has 0 radical (unpaired) electrons. The molecule has 0 aromatic carbocycles. The van der Waals surface area contributed by atoms with Crippen LogP contribution in [0, 0.1) is 17.8 Å². The summed E-state index contributed by atoms with van der Waals surface area (Å²) in [6, 6.07) is -0.329. The molecular formula is C16H29NO3. The summed E-state index contributed by atoms with van der Waals surface area (Å²) in [5.74, 6) is 0.698. The first-order chi connectivity index (χ1) is 9.04. The van der Waals surface area contributed by atoms with Crippen molar-refractivity contribution in [3.05, 3.63) is 0 Å². The van der Waals surface area contributed by atoms with Crippen LogP contribution in [0.3, 0.4) is 0 Å². The van der Waals surface area contributed by atoms with Gasteiger partial charge in [0.1, 0.15) is 5.60 Å². The van der Waals surface area contributed by atoms with Crippen LogP contribution < -0.4 is 0 Å². The van der Waals surface area contributed by atoms with Crippen molar-refractivity contribution in [3.63, 3.8) is 0 Å². The molecule has 1 amide bonds. The van der Waals surface area contributed by atoms with Crippen LogP contribution in [0.25, 0.3) is 0 Å². The molecule has 20 heavy (non-hydrogen) atoms. The molecule has 0 bridgehead atoms. The quantitative estimate of drug-likeness (QED) is 0.796. The fourth-order valence-electron chi connectivity index (χ4n) is 2.75. The predicted octanol–water partition coefficient (Wildman–Crippen LogP) is 3.49. The normalized spacial score (nSPS) is 23.6. The van der Waals surface area contributed by atoms with Gasteiger partial charge in [-0.2, -0.15) is 0 Å². The van der Waals surface area contributed by atoms with Crippen LogP contribution in [0.1, 0.15) is 54.9 Å². The molecule has 1 fully saturated rings. The summed E-state index contributed by atoms with van der Waals surface area (Å²) in [7, 11) is 0. The summed E-state index contributed by atoms with van der Waals surface area (Å²) in [5, 5.41) is 0. The Kier molecular flexibility index (Phi) is 5.22. The molecule has 0 unspecified atom stereocenters. The second-order valence-electron chi connectivity index (χ2n) is 7.37. The Morgan fingerprint density at radius 3 is 2.10 bits per heavy atom. The monoisotopic (exact) mass is 283 g/mol. The summed E-state index contributed by atoms with van der Waals surface area (Å²) >= 11 is 0. The van der Waals surface area contributed by atoms with Crippen molar-refractivity contribution in [3.8, 4) is 0 Å². The number of amides is 1. The van der Waals surface area contributed by atoms with E-state index in [4.69, 9.17) is 4.74 Å². The van der Waals surface area contributed by atoms with Crippen LogP contribution in [-0.2, 0) is 9.53 Å². The van der Waals surface area contributed by atoms with Crippen LogP contribution in [0.5, 0.6) is 0 Å². The number of hydrogen-bond donors (Lipinski definition) is 0. The smallest absolute Gasteiger partial charge is 0.410 e. The van der Waals surface area contributed by atoms with Crippen molar-refractivity contribution in [1.29, 1.82) is 0 Å². The average Bonchev–Trinajstić information content (AvgIpc) is 2.69. The lowest BCUT2D eigenvalue weighted by atomic mass is 9.84. The van der Waals surface area contributed by atoms with Crippen molar-refractivity contribution in [2.75, 3.05) is 6.54 Å². The fraction of sp³-hybridized carbons (Fsp3) is 0.875. The van der Waals surface area contributed by atoms with Crippen LogP contribution in [0.4, 0.5) is 4.79 Å². The van der Waals surface area contributed by atoms with E-state index in [0.29, 0.717) is 12.5 Å². The van der Waals surface area contributed by atoms with E-state index in [1.807, 2.05) is 34.6 Å². The minimum atomic E-state index is -0.529. The number of nitrogens with zero attached hydrogens (tertiary/aromatic N) is 1. The molecule has 0 aromatic rings. The van der Waals surface area contributed by atoms with Crippen molar-refractivity contribution in [2.24, 2.45) is 17.8 Å². The maximum absolute atomic E-state index is 12.5. The Labute approximate surface area is 122 Å². The van der Waals surface area contributed by atoms with Crippen molar-refractivity contribution < 1.29 is 14.3 Å². The molecule has 0 aromatic heterocycles. The lowest BCUT2D eigenvalue weighted by Gasteiger charge is -2.31. The maximum Gasteiger partial charge on any atom is 0.410 e. The van der Waals surface area contributed by atoms with Gasteiger partial charge in [-0.05, 0) is 39.0 Å². The van der Waals surface area contributed by atoms with Gasteiger partial charge >= 0.3 is 6.09 Å². The Morgan fingerprint density at radius 1 is 1.15 bits per heavy atom. The molecule has 116 valence electrons. The van der Waals surface area contributed by atoms with Gasteiger partial charge in [-0.1, -0.05) is 27.7 Å². The number of Topliss-reactive ketones (excluding diaryl/α,β-unsaturated/α-hetero) is 1. The van der Waals surface area contributed by atoms with Crippen molar-refractivity contribution in [1.82, 2.24) is 4.90 Å². The fourth-order valence-corrected chi connectivity index (χ4v) is 2.75. The molecule has 0 aliphatic carbocycles. The highest BCUT2D eigenvalue weighted by atomic mass is 16.6. The number of carbonyl (C=O) groups is 2. The Morgan fingerprint density at radius 2 is 1.70 bits per heavy atom. The summed E-state index contributed by atoms with van der Waals surface area (Å²) < 4.78 is 5.44. The molecule has 0 saturated carbocycles. The number of hydrogen-bond acceptors (Lipinski definition) is 3. The van der Waals surface area contributed by atoms with Gasteiger partial charge in [0.2, 0.25) is 0 Å². The molecule has 1 aliphatic heterocycles. The second-order valence-corrected chi connectivity index (χ2v) is 7.37. The van der Waals surface area contributed by atoms with E-state index in [1.165, 1.54) is 0 Å². The number of carbonyl (C=O) groups excluding carboxylic acids is 2. The third kappa shape index (κ3) is 3.97. The highest BCUT2D eigenvalue weighted by Gasteiger charge is 2.44. The molecule has 1 saturated heterocycles. The minimum absolute atomic E-state index is 0.0655. The van der Waals surface area contributed by atoms with E-state index >= 15 is 0 Å². The Balaban J connectivity index is 2.94. The van der Waals surface area contributed by atoms with Crippen LogP contribution in [0.2, 0.25) is 0 Å². The zero-order valence-electron chi connectivity index (χ0n) is 13.9. The van der Waals surface area contributed by atoms with E-state index in [1.54, 1.807) is 4.90 Å². The number of ketones is 1. The number of ether oxygens (including phenoxy) is 1. The van der Waals surface area contributed by atoms with Gasteiger partial charge in [-0.3, -0.25) is 9.69 Å². The van der Waals surface area contributed by atoms with Gasteiger partial charge in [-0.25, -0.2) is 4.79 Å². The first kappa shape index (κ1) is 17.0. The third-order valence-corrected chi connectivity index (χ3v) is 3.79. The van der Waals surface area contributed by atoms with Crippen LogP contribution in [-0.4, -0.2) is 35.0 Å². The molecule has 4 nitrogen and oxygen atoms in total. The topological polar surface area (TPSA) is 46.6 Å². The van der Waals surface area contributed by atoms with E-state index in [9.17, 15) is 9.59 Å². The summed E-state index contributed by atoms with van der Waals surface area (Å²) in [6.45, 7) is 14.2. The van der Waals surface area contributed by atoms with Gasteiger partial charge in [-0.15, -0.1) is 0 Å². The summed E-state index contributed by atoms with van der Waals surface area (Å²) in [4.78, 5) is 26.4. The minimum Gasteiger partial charge on any atom is -0.444 e. The first-order valence-corrected chi connectivity index (χ1v) is 7.58. The van der Waals surface area contributed by atoms with Gasteiger partial charge in [0.25, 0.3) is 0 Å². The van der Waals surface area contributed by atoms with E-state index < -0.39 is 5.60 Å². The lowest BCUT2D eigenvalue weighted by molar-refractivity contribution is -0.127. The van der Waals surface area contributed by atoms with Gasteiger partial charge in [0, 0.05) is 12.5 Å². The zero-order chi connectivity index (χ0) is 15.7. The van der Waals surface area contributed by atoms with Crippen LogP contribution in [0.15, 0.2) is 0 Å². The number of likely N-dealkylation sites (tertiary alicyclic amines) is 1. The molecule has 1 heterocycles.